The van der Waals surface area contributed by atoms with E-state index in [1.807, 2.05) is 0 Å². The van der Waals surface area contributed by atoms with Crippen LogP contribution >= 0.6 is 0 Å². The van der Waals surface area contributed by atoms with Crippen molar-refractivity contribution in [3.05, 3.63) is 17.0 Å². The van der Waals surface area contributed by atoms with Crippen LogP contribution in [-0.4, -0.2) is 15.8 Å². The van der Waals surface area contributed by atoms with Gasteiger partial charge in [-0.2, -0.15) is 5.10 Å². The first-order chi connectivity index (χ1) is 7.56. The molecule has 0 atom stereocenters. The summed E-state index contributed by atoms with van der Waals surface area (Å²) in [7, 11) is 0. The maximum Gasteiger partial charge on any atom is 0.0641 e. The first-order valence-electron chi connectivity index (χ1n) is 6.32. The average Bonchev–Trinajstić information content (AvgIpc) is 2.48. The highest BCUT2D eigenvalue weighted by Crippen LogP contribution is 2.13. The van der Waals surface area contributed by atoms with Crippen LogP contribution < -0.4 is 5.32 Å². The molecule has 92 valence electrons. The van der Waals surface area contributed by atoms with Crippen LogP contribution in [0.3, 0.4) is 0 Å². The highest BCUT2D eigenvalue weighted by atomic mass is 15.3. The lowest BCUT2D eigenvalue weighted by molar-refractivity contribution is 0.552. The Morgan fingerprint density at radius 3 is 2.56 bits per heavy atom. The van der Waals surface area contributed by atoms with Gasteiger partial charge in [-0.05, 0) is 20.3 Å². The lowest BCUT2D eigenvalue weighted by atomic mass is 10.2. The summed E-state index contributed by atoms with van der Waals surface area (Å²) in [6.07, 6.45) is 2.43. The number of nitrogens with zero attached hydrogens (tertiary/aromatic N) is 2. The molecule has 1 heterocycles. The van der Waals surface area contributed by atoms with E-state index in [4.69, 9.17) is 0 Å². The molecule has 0 saturated carbocycles. The van der Waals surface area contributed by atoms with Crippen LogP contribution in [0.1, 0.15) is 50.6 Å². The minimum Gasteiger partial charge on any atom is -0.310 e. The normalized spacial score (nSPS) is 11.4. The number of unbranched alkanes of at least 4 members (excludes halogenated alkanes) is 1. The van der Waals surface area contributed by atoms with Crippen molar-refractivity contribution in [2.75, 3.05) is 0 Å². The lowest BCUT2D eigenvalue weighted by Crippen LogP contribution is -2.22. The van der Waals surface area contributed by atoms with E-state index in [2.05, 4.69) is 49.7 Å². The number of hydrogen-bond donors (Lipinski definition) is 1. The topological polar surface area (TPSA) is 29.9 Å². The van der Waals surface area contributed by atoms with Crippen molar-refractivity contribution in [1.82, 2.24) is 15.1 Å². The Kier molecular flexibility index (Phi) is 5.00. The quantitative estimate of drug-likeness (QED) is 0.803. The molecule has 0 saturated heterocycles. The second-order valence-electron chi connectivity index (χ2n) is 4.76. The third-order valence-corrected chi connectivity index (χ3v) is 2.94. The Bertz CT molecular complexity index is 326. The van der Waals surface area contributed by atoms with Crippen molar-refractivity contribution in [1.29, 1.82) is 0 Å². The smallest absolute Gasteiger partial charge is 0.0641 e. The number of aryl methyl sites for hydroxylation is 2. The van der Waals surface area contributed by atoms with Crippen molar-refractivity contribution in [3.63, 3.8) is 0 Å². The Balaban J connectivity index is 2.72. The summed E-state index contributed by atoms with van der Waals surface area (Å²) in [4.78, 5) is 0. The molecule has 0 aromatic carbocycles. The molecule has 0 bridgehead atoms. The Labute approximate surface area is 99.2 Å². The summed E-state index contributed by atoms with van der Waals surface area (Å²) >= 11 is 0. The predicted octanol–water partition coefficient (Wildman–Crippen LogP) is 2.80. The van der Waals surface area contributed by atoms with E-state index in [1.54, 1.807) is 0 Å². The first kappa shape index (κ1) is 13.2. The fraction of sp³-hybridized carbons (Fsp3) is 0.769. The van der Waals surface area contributed by atoms with Crippen LogP contribution in [0.4, 0.5) is 0 Å². The van der Waals surface area contributed by atoms with Crippen LogP contribution in [-0.2, 0) is 13.1 Å². The molecule has 1 aromatic rings. The molecule has 0 spiro atoms. The molecule has 3 heteroatoms. The van der Waals surface area contributed by atoms with Gasteiger partial charge in [-0.3, -0.25) is 4.68 Å². The van der Waals surface area contributed by atoms with Crippen molar-refractivity contribution in [2.45, 2.75) is 66.6 Å². The van der Waals surface area contributed by atoms with Crippen LogP contribution in [0, 0.1) is 13.8 Å². The largest absolute Gasteiger partial charge is 0.310 e. The SMILES string of the molecule is CCCCn1nc(C)c(CNC(C)C)c1C. The van der Waals surface area contributed by atoms with Gasteiger partial charge in [0.15, 0.2) is 0 Å². The number of aromatic nitrogens is 2. The monoisotopic (exact) mass is 223 g/mol. The second kappa shape index (κ2) is 6.04. The molecule has 1 N–H and O–H groups in total. The van der Waals surface area contributed by atoms with Gasteiger partial charge >= 0.3 is 0 Å². The summed E-state index contributed by atoms with van der Waals surface area (Å²) in [5, 5.41) is 8.06. The van der Waals surface area contributed by atoms with E-state index in [1.165, 1.54) is 29.8 Å². The van der Waals surface area contributed by atoms with Gasteiger partial charge in [0.05, 0.1) is 5.69 Å². The molecular formula is C13H25N3. The number of nitrogens with one attached hydrogen (secondary N) is 1. The lowest BCUT2D eigenvalue weighted by Gasteiger charge is -2.08. The van der Waals surface area contributed by atoms with Crippen LogP contribution in [0.2, 0.25) is 0 Å². The van der Waals surface area contributed by atoms with Gasteiger partial charge in [0.2, 0.25) is 0 Å². The maximum absolute atomic E-state index is 4.60. The molecule has 0 aliphatic heterocycles. The third-order valence-electron chi connectivity index (χ3n) is 2.94. The molecule has 1 rings (SSSR count). The molecule has 0 fully saturated rings. The number of hydrogen-bond acceptors (Lipinski definition) is 2. The molecule has 0 radical (unpaired) electrons. The van der Waals surface area contributed by atoms with Gasteiger partial charge in [0.1, 0.15) is 0 Å². The van der Waals surface area contributed by atoms with E-state index in [-0.39, 0.29) is 0 Å². The van der Waals surface area contributed by atoms with Crippen LogP contribution in [0.15, 0.2) is 0 Å². The Morgan fingerprint density at radius 1 is 1.31 bits per heavy atom. The average molecular weight is 223 g/mol. The summed E-state index contributed by atoms with van der Waals surface area (Å²) in [6.45, 7) is 12.8. The van der Waals surface area contributed by atoms with E-state index in [0.29, 0.717) is 6.04 Å². The third kappa shape index (κ3) is 3.34. The minimum absolute atomic E-state index is 0.526. The van der Waals surface area contributed by atoms with Crippen molar-refractivity contribution in [3.8, 4) is 0 Å². The Hall–Kier alpha value is -0.830. The van der Waals surface area contributed by atoms with E-state index in [9.17, 15) is 0 Å². The predicted molar refractivity (Wildman–Crippen MR) is 68.6 cm³/mol. The van der Waals surface area contributed by atoms with Crippen LogP contribution in [0.25, 0.3) is 0 Å². The summed E-state index contributed by atoms with van der Waals surface area (Å²) in [5.41, 5.74) is 3.85. The van der Waals surface area contributed by atoms with E-state index < -0.39 is 0 Å². The van der Waals surface area contributed by atoms with Crippen molar-refractivity contribution in [2.24, 2.45) is 0 Å². The zero-order valence-electron chi connectivity index (χ0n) is 11.3. The fourth-order valence-corrected chi connectivity index (χ4v) is 1.82. The molecular weight excluding hydrogens is 198 g/mol. The van der Waals surface area contributed by atoms with Crippen LogP contribution in [0.5, 0.6) is 0 Å². The summed E-state index contributed by atoms with van der Waals surface area (Å²) in [6, 6.07) is 0.526. The molecule has 0 unspecified atom stereocenters. The van der Waals surface area contributed by atoms with E-state index >= 15 is 0 Å². The Morgan fingerprint density at radius 2 is 2.00 bits per heavy atom. The van der Waals surface area contributed by atoms with Crippen molar-refractivity contribution >= 4 is 0 Å². The highest BCUT2D eigenvalue weighted by Gasteiger charge is 2.10. The first-order valence-corrected chi connectivity index (χ1v) is 6.32. The highest BCUT2D eigenvalue weighted by molar-refractivity contribution is 5.24. The summed E-state index contributed by atoms with van der Waals surface area (Å²) < 4.78 is 2.15. The van der Waals surface area contributed by atoms with Gasteiger partial charge in [0, 0.05) is 30.4 Å². The minimum atomic E-state index is 0.526. The van der Waals surface area contributed by atoms with Crippen molar-refractivity contribution < 1.29 is 0 Å². The molecule has 0 amide bonds. The zero-order valence-corrected chi connectivity index (χ0v) is 11.3. The molecule has 16 heavy (non-hydrogen) atoms. The molecule has 0 aliphatic rings. The maximum atomic E-state index is 4.60. The second-order valence-corrected chi connectivity index (χ2v) is 4.76. The van der Waals surface area contributed by atoms with Gasteiger partial charge in [0.25, 0.3) is 0 Å². The van der Waals surface area contributed by atoms with Gasteiger partial charge in [-0.25, -0.2) is 0 Å². The fourth-order valence-electron chi connectivity index (χ4n) is 1.82. The van der Waals surface area contributed by atoms with Gasteiger partial charge < -0.3 is 5.32 Å². The standard InChI is InChI=1S/C13H25N3/c1-6-7-8-16-12(5)13(11(4)15-16)9-14-10(2)3/h10,14H,6-9H2,1-5H3. The molecule has 1 aromatic heterocycles. The van der Waals surface area contributed by atoms with E-state index in [0.717, 1.165) is 13.1 Å². The number of rotatable bonds is 6. The van der Waals surface area contributed by atoms with Gasteiger partial charge in [-0.1, -0.05) is 27.2 Å². The van der Waals surface area contributed by atoms with Gasteiger partial charge in [-0.15, -0.1) is 0 Å². The molecule has 3 nitrogen and oxygen atoms in total. The summed E-state index contributed by atoms with van der Waals surface area (Å²) in [5.74, 6) is 0. The molecule has 0 aliphatic carbocycles. The zero-order chi connectivity index (χ0) is 12.1.